The topological polar surface area (TPSA) is 50.7 Å². The quantitative estimate of drug-likeness (QED) is 0.300. The fourth-order valence-electron chi connectivity index (χ4n) is 2.68. The van der Waals surface area contributed by atoms with Gasteiger partial charge in [-0.05, 0) is 118 Å². The van der Waals surface area contributed by atoms with E-state index in [1.165, 1.54) is 11.8 Å². The SMILES string of the molecule is CCOc1c(Br)cc(/C=C2\SC(=Nc3cc(C)c(Br)c(C)c3)NC2=O)cc1I. The fraction of sp³-hybridized carbons (Fsp3) is 0.200. The van der Waals surface area contributed by atoms with Crippen LogP contribution in [0.15, 0.2) is 43.1 Å². The molecule has 2 aromatic rings. The molecule has 1 fully saturated rings. The number of hydrogen-bond acceptors (Lipinski definition) is 4. The molecule has 2 aromatic carbocycles. The third-order valence-corrected chi connectivity index (χ3v) is 7.46. The molecule has 1 aliphatic rings. The molecule has 28 heavy (non-hydrogen) atoms. The van der Waals surface area contributed by atoms with Crippen molar-refractivity contribution in [2.24, 2.45) is 4.99 Å². The molecule has 0 aromatic heterocycles. The molecule has 0 atom stereocenters. The summed E-state index contributed by atoms with van der Waals surface area (Å²) in [7, 11) is 0. The maximum absolute atomic E-state index is 12.4. The van der Waals surface area contributed by atoms with E-state index in [9.17, 15) is 4.79 Å². The fourth-order valence-corrected chi connectivity index (χ4v) is 5.52. The first-order chi connectivity index (χ1) is 13.3. The zero-order valence-electron chi connectivity index (χ0n) is 15.4. The van der Waals surface area contributed by atoms with Gasteiger partial charge in [0.15, 0.2) is 5.17 Å². The zero-order valence-corrected chi connectivity index (χ0v) is 21.5. The first kappa shape index (κ1) is 21.9. The summed E-state index contributed by atoms with van der Waals surface area (Å²) in [4.78, 5) is 17.6. The van der Waals surface area contributed by atoms with Crippen molar-refractivity contribution in [3.05, 3.63) is 58.4 Å². The second-order valence-corrected chi connectivity index (χ2v) is 9.96. The van der Waals surface area contributed by atoms with Gasteiger partial charge < -0.3 is 10.1 Å². The largest absolute Gasteiger partial charge is 0.492 e. The highest BCUT2D eigenvalue weighted by molar-refractivity contribution is 14.1. The molecule has 1 saturated heterocycles. The number of benzene rings is 2. The maximum Gasteiger partial charge on any atom is 0.264 e. The van der Waals surface area contributed by atoms with Crippen molar-refractivity contribution in [1.82, 2.24) is 5.32 Å². The Labute approximate surface area is 199 Å². The molecule has 0 spiro atoms. The number of halogens is 3. The summed E-state index contributed by atoms with van der Waals surface area (Å²) in [5.41, 5.74) is 3.96. The summed E-state index contributed by atoms with van der Waals surface area (Å²) >= 11 is 10.7. The van der Waals surface area contributed by atoms with Crippen LogP contribution in [0.4, 0.5) is 5.69 Å². The second kappa shape index (κ2) is 9.32. The molecular formula is C20H17Br2IN2O2S. The number of rotatable bonds is 4. The molecule has 1 amide bonds. The van der Waals surface area contributed by atoms with Gasteiger partial charge in [-0.2, -0.15) is 0 Å². The lowest BCUT2D eigenvalue weighted by atomic mass is 10.1. The lowest BCUT2D eigenvalue weighted by molar-refractivity contribution is -0.115. The third-order valence-electron chi connectivity index (χ3n) is 3.91. The number of nitrogens with one attached hydrogen (secondary N) is 1. The van der Waals surface area contributed by atoms with Gasteiger partial charge in [0.25, 0.3) is 5.91 Å². The average Bonchev–Trinajstić information content (AvgIpc) is 2.95. The number of amidine groups is 1. The van der Waals surface area contributed by atoms with E-state index in [0.29, 0.717) is 16.7 Å². The summed E-state index contributed by atoms with van der Waals surface area (Å²) in [6.45, 7) is 6.60. The highest BCUT2D eigenvalue weighted by atomic mass is 127. The van der Waals surface area contributed by atoms with E-state index in [1.54, 1.807) is 0 Å². The maximum atomic E-state index is 12.4. The lowest BCUT2D eigenvalue weighted by Crippen LogP contribution is -2.19. The van der Waals surface area contributed by atoms with Gasteiger partial charge in [-0.1, -0.05) is 15.9 Å². The number of nitrogens with zero attached hydrogens (tertiary/aromatic N) is 1. The van der Waals surface area contributed by atoms with Crippen molar-refractivity contribution in [1.29, 1.82) is 0 Å². The van der Waals surface area contributed by atoms with Gasteiger partial charge in [0.05, 0.1) is 25.2 Å². The number of ether oxygens (including phenoxy) is 1. The van der Waals surface area contributed by atoms with E-state index in [4.69, 9.17) is 4.74 Å². The van der Waals surface area contributed by atoms with Gasteiger partial charge in [0.2, 0.25) is 0 Å². The number of thioether (sulfide) groups is 1. The smallest absolute Gasteiger partial charge is 0.264 e. The molecule has 1 aliphatic heterocycles. The molecule has 0 saturated carbocycles. The second-order valence-electron chi connectivity index (χ2n) is 6.12. The van der Waals surface area contributed by atoms with Gasteiger partial charge in [-0.3, -0.25) is 4.79 Å². The average molecular weight is 636 g/mol. The summed E-state index contributed by atoms with van der Waals surface area (Å²) in [6, 6.07) is 7.92. The number of aryl methyl sites for hydroxylation is 2. The van der Waals surface area contributed by atoms with Gasteiger partial charge in [-0.25, -0.2) is 4.99 Å². The van der Waals surface area contributed by atoms with Crippen molar-refractivity contribution < 1.29 is 9.53 Å². The number of carbonyl (C=O) groups excluding carboxylic acids is 1. The van der Waals surface area contributed by atoms with Crippen molar-refractivity contribution in [3.63, 3.8) is 0 Å². The van der Waals surface area contributed by atoms with E-state index in [1.807, 2.05) is 51.1 Å². The van der Waals surface area contributed by atoms with Crippen LogP contribution in [0, 0.1) is 17.4 Å². The van der Waals surface area contributed by atoms with E-state index in [2.05, 4.69) is 64.8 Å². The highest BCUT2D eigenvalue weighted by Crippen LogP contribution is 2.35. The van der Waals surface area contributed by atoms with E-state index in [0.717, 1.165) is 40.6 Å². The Kier molecular flexibility index (Phi) is 7.27. The number of hydrogen-bond donors (Lipinski definition) is 1. The predicted molar refractivity (Wildman–Crippen MR) is 132 cm³/mol. The van der Waals surface area contributed by atoms with Crippen LogP contribution in [0.2, 0.25) is 0 Å². The molecule has 0 unspecified atom stereocenters. The molecule has 0 bridgehead atoms. The Morgan fingerprint density at radius 1 is 1.21 bits per heavy atom. The monoisotopic (exact) mass is 634 g/mol. The number of amides is 1. The molecule has 4 nitrogen and oxygen atoms in total. The third kappa shape index (κ3) is 5.01. The van der Waals surface area contributed by atoms with Gasteiger partial charge in [0, 0.05) is 4.47 Å². The van der Waals surface area contributed by atoms with E-state index in [-0.39, 0.29) is 5.91 Å². The van der Waals surface area contributed by atoms with Crippen molar-refractivity contribution in [2.45, 2.75) is 20.8 Å². The molecule has 1 heterocycles. The van der Waals surface area contributed by atoms with Crippen LogP contribution in [0.25, 0.3) is 6.08 Å². The Morgan fingerprint density at radius 3 is 2.50 bits per heavy atom. The minimum atomic E-state index is -0.144. The molecule has 3 rings (SSSR count). The van der Waals surface area contributed by atoms with Gasteiger partial charge >= 0.3 is 0 Å². The summed E-state index contributed by atoms with van der Waals surface area (Å²) in [5.74, 6) is 0.673. The van der Waals surface area contributed by atoms with E-state index >= 15 is 0 Å². The van der Waals surface area contributed by atoms with E-state index < -0.39 is 0 Å². The Bertz CT molecular complexity index is 975. The number of carbonyl (C=O) groups is 1. The van der Waals surface area contributed by atoms with Crippen LogP contribution in [-0.4, -0.2) is 17.7 Å². The molecular weight excluding hydrogens is 619 g/mol. The lowest BCUT2D eigenvalue weighted by Gasteiger charge is -2.09. The first-order valence-corrected chi connectivity index (χ1v) is 11.9. The molecule has 0 radical (unpaired) electrons. The standard InChI is InChI=1S/C20H17Br2IN2O2S/c1-4-27-18-14(21)7-12(8-15(18)23)9-16-19(26)25-20(28-16)24-13-5-10(2)17(22)11(3)6-13/h5-9H,4H2,1-3H3,(H,24,25,26)/b16-9-. The van der Waals surface area contributed by atoms with Crippen molar-refractivity contribution >= 4 is 89.1 Å². The highest BCUT2D eigenvalue weighted by Gasteiger charge is 2.24. The van der Waals surface area contributed by atoms with Crippen LogP contribution in [-0.2, 0) is 4.79 Å². The van der Waals surface area contributed by atoms with Crippen LogP contribution in [0.1, 0.15) is 23.6 Å². The molecule has 1 N–H and O–H groups in total. The van der Waals surface area contributed by atoms with Crippen LogP contribution in [0.3, 0.4) is 0 Å². The molecule has 0 aliphatic carbocycles. The van der Waals surface area contributed by atoms with Crippen molar-refractivity contribution in [3.8, 4) is 5.75 Å². The number of aliphatic imine (C=N–C) groups is 1. The normalized spacial score (nSPS) is 16.7. The minimum absolute atomic E-state index is 0.144. The minimum Gasteiger partial charge on any atom is -0.492 e. The first-order valence-electron chi connectivity index (χ1n) is 8.46. The zero-order chi connectivity index (χ0) is 20.4. The summed E-state index contributed by atoms with van der Waals surface area (Å²) in [6.07, 6.45) is 1.86. The van der Waals surface area contributed by atoms with Crippen LogP contribution < -0.4 is 10.1 Å². The van der Waals surface area contributed by atoms with Crippen LogP contribution in [0.5, 0.6) is 5.75 Å². The molecule has 8 heteroatoms. The summed E-state index contributed by atoms with van der Waals surface area (Å²) in [5, 5.41) is 3.42. The Morgan fingerprint density at radius 2 is 1.89 bits per heavy atom. The molecule has 146 valence electrons. The van der Waals surface area contributed by atoms with Crippen LogP contribution >= 0.6 is 66.2 Å². The van der Waals surface area contributed by atoms with Gasteiger partial charge in [-0.15, -0.1) is 0 Å². The Hall–Kier alpha value is -0.840. The predicted octanol–water partition coefficient (Wildman–Crippen LogP) is 6.72. The Balaban J connectivity index is 1.87. The van der Waals surface area contributed by atoms with Crippen molar-refractivity contribution in [2.75, 3.05) is 6.61 Å². The van der Waals surface area contributed by atoms with Gasteiger partial charge in [0.1, 0.15) is 5.75 Å². The summed E-state index contributed by atoms with van der Waals surface area (Å²) < 4.78 is 8.57.